The highest BCUT2D eigenvalue weighted by molar-refractivity contribution is 7.14. The molecule has 2 amide bonds. The van der Waals surface area contributed by atoms with Crippen molar-refractivity contribution in [2.45, 2.75) is 18.9 Å². The second kappa shape index (κ2) is 6.68. The van der Waals surface area contributed by atoms with E-state index in [4.69, 9.17) is 5.73 Å². The molecule has 4 rings (SSSR count). The second-order valence-corrected chi connectivity index (χ2v) is 7.14. The molecule has 1 aliphatic rings. The maximum absolute atomic E-state index is 13.0. The summed E-state index contributed by atoms with van der Waals surface area (Å²) in [6, 6.07) is 10.8. The van der Waals surface area contributed by atoms with Crippen molar-refractivity contribution < 1.29 is 9.59 Å². The monoisotopic (exact) mass is 368 g/mol. The number of carbonyl (C=O) groups is 2. The number of benzene rings is 1. The van der Waals surface area contributed by atoms with Gasteiger partial charge in [0.1, 0.15) is 6.33 Å². The average Bonchev–Trinajstić information content (AvgIpc) is 3.42. The van der Waals surface area contributed by atoms with Crippen LogP contribution in [-0.2, 0) is 0 Å². The zero-order chi connectivity index (χ0) is 18.1. The summed E-state index contributed by atoms with van der Waals surface area (Å²) >= 11 is 1.36. The predicted molar refractivity (Wildman–Crippen MR) is 95.0 cm³/mol. The number of nitrogens with zero attached hydrogens (tertiary/aromatic N) is 5. The molecule has 0 saturated carbocycles. The molecule has 0 aliphatic carbocycles. The van der Waals surface area contributed by atoms with Gasteiger partial charge in [0.05, 0.1) is 16.6 Å². The van der Waals surface area contributed by atoms with Gasteiger partial charge in [0.15, 0.2) is 0 Å². The second-order valence-electron chi connectivity index (χ2n) is 6.02. The van der Waals surface area contributed by atoms with E-state index < -0.39 is 5.91 Å². The molecule has 0 radical (unpaired) electrons. The van der Waals surface area contributed by atoms with Gasteiger partial charge in [0, 0.05) is 17.0 Å². The van der Waals surface area contributed by atoms with Crippen LogP contribution in [0.1, 0.15) is 43.8 Å². The quantitative estimate of drug-likeness (QED) is 0.756. The van der Waals surface area contributed by atoms with Gasteiger partial charge in [-0.25, -0.2) is 4.68 Å². The minimum absolute atomic E-state index is 0.0141. The first-order valence-electron chi connectivity index (χ1n) is 8.17. The molecule has 1 fully saturated rings. The van der Waals surface area contributed by atoms with Crippen LogP contribution in [0.2, 0.25) is 0 Å². The molecule has 26 heavy (non-hydrogen) atoms. The molecule has 9 heteroatoms. The number of thiophene rings is 1. The van der Waals surface area contributed by atoms with E-state index in [1.165, 1.54) is 22.3 Å². The van der Waals surface area contributed by atoms with E-state index in [-0.39, 0.29) is 11.9 Å². The predicted octanol–water partition coefficient (Wildman–Crippen LogP) is 1.80. The lowest BCUT2D eigenvalue weighted by Crippen LogP contribution is -2.30. The third-order valence-electron chi connectivity index (χ3n) is 4.44. The summed E-state index contributed by atoms with van der Waals surface area (Å²) in [6.07, 6.45) is 3.32. The number of tetrazole rings is 1. The smallest absolute Gasteiger partial charge is 0.258 e. The zero-order valence-electron chi connectivity index (χ0n) is 13.8. The SMILES string of the molecule is NC(=O)c1ccc(C2CCCN2C(=O)c2ccc(-n3cnnn3)cc2)s1. The molecule has 3 heterocycles. The summed E-state index contributed by atoms with van der Waals surface area (Å²) in [5, 5.41) is 11.0. The van der Waals surface area contributed by atoms with Crippen LogP contribution in [0.4, 0.5) is 0 Å². The Morgan fingerprint density at radius 3 is 2.62 bits per heavy atom. The molecule has 1 saturated heterocycles. The van der Waals surface area contributed by atoms with Crippen LogP contribution < -0.4 is 5.73 Å². The van der Waals surface area contributed by atoms with Gasteiger partial charge in [-0.05, 0) is 59.7 Å². The van der Waals surface area contributed by atoms with Crippen LogP contribution >= 0.6 is 11.3 Å². The lowest BCUT2D eigenvalue weighted by atomic mass is 10.1. The maximum Gasteiger partial charge on any atom is 0.258 e. The molecule has 1 unspecified atom stereocenters. The number of rotatable bonds is 4. The molecule has 132 valence electrons. The highest BCUT2D eigenvalue weighted by Crippen LogP contribution is 2.36. The lowest BCUT2D eigenvalue weighted by Gasteiger charge is -2.24. The number of likely N-dealkylation sites (tertiary alicyclic amines) is 1. The Morgan fingerprint density at radius 2 is 1.96 bits per heavy atom. The first kappa shape index (κ1) is 16.4. The Labute approximate surface area is 153 Å². The van der Waals surface area contributed by atoms with Crippen molar-refractivity contribution in [2.24, 2.45) is 5.73 Å². The average molecular weight is 368 g/mol. The van der Waals surface area contributed by atoms with E-state index in [1.807, 2.05) is 23.1 Å². The number of amides is 2. The highest BCUT2D eigenvalue weighted by atomic mass is 32.1. The van der Waals surface area contributed by atoms with Crippen LogP contribution in [0.25, 0.3) is 5.69 Å². The highest BCUT2D eigenvalue weighted by Gasteiger charge is 2.31. The first-order chi connectivity index (χ1) is 12.6. The topological polar surface area (TPSA) is 107 Å². The summed E-state index contributed by atoms with van der Waals surface area (Å²) in [5.41, 5.74) is 6.74. The zero-order valence-corrected chi connectivity index (χ0v) is 14.6. The Morgan fingerprint density at radius 1 is 1.15 bits per heavy atom. The summed E-state index contributed by atoms with van der Waals surface area (Å²) < 4.78 is 1.53. The van der Waals surface area contributed by atoms with Gasteiger partial charge in [0.2, 0.25) is 0 Å². The molecule has 0 bridgehead atoms. The van der Waals surface area contributed by atoms with E-state index in [9.17, 15) is 9.59 Å². The fourth-order valence-corrected chi connectivity index (χ4v) is 4.18. The Hall–Kier alpha value is -3.07. The van der Waals surface area contributed by atoms with Gasteiger partial charge >= 0.3 is 0 Å². The number of nitrogens with two attached hydrogens (primary N) is 1. The Bertz CT molecular complexity index is 935. The van der Waals surface area contributed by atoms with Gasteiger partial charge in [0.25, 0.3) is 11.8 Å². The van der Waals surface area contributed by atoms with Gasteiger partial charge < -0.3 is 10.6 Å². The van der Waals surface area contributed by atoms with Crippen molar-refractivity contribution in [1.29, 1.82) is 0 Å². The van der Waals surface area contributed by atoms with Crippen LogP contribution in [0.15, 0.2) is 42.7 Å². The van der Waals surface area contributed by atoms with E-state index in [0.717, 1.165) is 23.4 Å². The van der Waals surface area contributed by atoms with E-state index in [2.05, 4.69) is 15.5 Å². The third kappa shape index (κ3) is 2.97. The van der Waals surface area contributed by atoms with E-state index in [0.29, 0.717) is 17.0 Å². The fraction of sp³-hybridized carbons (Fsp3) is 0.235. The Kier molecular flexibility index (Phi) is 4.21. The van der Waals surface area contributed by atoms with Crippen LogP contribution in [0, 0.1) is 0 Å². The molecule has 1 atom stereocenters. The molecular formula is C17H16N6O2S. The molecule has 8 nitrogen and oxygen atoms in total. The number of primary amides is 1. The van der Waals surface area contributed by atoms with Crippen molar-refractivity contribution in [3.05, 3.63) is 58.0 Å². The van der Waals surface area contributed by atoms with Gasteiger partial charge in [-0.1, -0.05) is 0 Å². The maximum atomic E-state index is 13.0. The standard InChI is InChI=1S/C17H16N6O2S/c18-16(24)15-8-7-14(26-15)13-2-1-9-22(13)17(25)11-3-5-12(6-4-11)23-10-19-20-21-23/h3-8,10,13H,1-2,9H2,(H2,18,24). The normalized spacial score (nSPS) is 16.8. The van der Waals surface area contributed by atoms with Gasteiger partial charge in [-0.2, -0.15) is 0 Å². The van der Waals surface area contributed by atoms with Gasteiger partial charge in [-0.3, -0.25) is 9.59 Å². The number of aromatic nitrogens is 4. The van der Waals surface area contributed by atoms with Crippen molar-refractivity contribution in [1.82, 2.24) is 25.1 Å². The molecule has 1 aromatic carbocycles. The van der Waals surface area contributed by atoms with E-state index in [1.54, 1.807) is 18.2 Å². The summed E-state index contributed by atoms with van der Waals surface area (Å²) in [5.74, 6) is -0.458. The van der Waals surface area contributed by atoms with Crippen LogP contribution in [0.3, 0.4) is 0 Å². The first-order valence-corrected chi connectivity index (χ1v) is 8.99. The number of hydrogen-bond acceptors (Lipinski definition) is 6. The molecule has 2 N–H and O–H groups in total. The van der Waals surface area contributed by atoms with Crippen molar-refractivity contribution in [3.8, 4) is 5.69 Å². The minimum atomic E-state index is -0.435. The number of hydrogen-bond donors (Lipinski definition) is 1. The van der Waals surface area contributed by atoms with Crippen LogP contribution in [-0.4, -0.2) is 43.5 Å². The Balaban J connectivity index is 1.55. The van der Waals surface area contributed by atoms with Crippen LogP contribution in [0.5, 0.6) is 0 Å². The molecule has 0 spiro atoms. The molecule has 2 aromatic heterocycles. The van der Waals surface area contributed by atoms with Crippen molar-refractivity contribution in [2.75, 3.05) is 6.54 Å². The molecule has 1 aliphatic heterocycles. The minimum Gasteiger partial charge on any atom is -0.365 e. The third-order valence-corrected chi connectivity index (χ3v) is 5.64. The summed E-state index contributed by atoms with van der Waals surface area (Å²) in [6.45, 7) is 0.696. The molecule has 3 aromatic rings. The summed E-state index contributed by atoms with van der Waals surface area (Å²) in [4.78, 5) is 27.7. The van der Waals surface area contributed by atoms with E-state index >= 15 is 0 Å². The molecular weight excluding hydrogens is 352 g/mol. The fourth-order valence-electron chi connectivity index (χ4n) is 3.17. The van der Waals surface area contributed by atoms with Crippen molar-refractivity contribution >= 4 is 23.2 Å². The van der Waals surface area contributed by atoms with Crippen molar-refractivity contribution in [3.63, 3.8) is 0 Å². The largest absolute Gasteiger partial charge is 0.365 e. The lowest BCUT2D eigenvalue weighted by molar-refractivity contribution is 0.0737. The van der Waals surface area contributed by atoms with Gasteiger partial charge in [-0.15, -0.1) is 16.4 Å². The summed E-state index contributed by atoms with van der Waals surface area (Å²) in [7, 11) is 0. The number of carbonyl (C=O) groups excluding carboxylic acids is 2.